The van der Waals surface area contributed by atoms with Crippen molar-refractivity contribution in [1.29, 1.82) is 0 Å². The molecule has 0 saturated carbocycles. The molecular formula is C14H6N2S2. The van der Waals surface area contributed by atoms with E-state index in [9.17, 15) is 0 Å². The number of nitrogens with zero attached hydrogens (tertiary/aromatic N) is 2. The Morgan fingerprint density at radius 3 is 1.72 bits per heavy atom. The van der Waals surface area contributed by atoms with Gasteiger partial charge in [-0.1, -0.05) is 24.3 Å². The molecule has 6 rings (SSSR count). The summed E-state index contributed by atoms with van der Waals surface area (Å²) in [5.41, 5.74) is 2.18. The van der Waals surface area contributed by atoms with Gasteiger partial charge in [-0.05, 0) is 12.1 Å². The first-order valence-electron chi connectivity index (χ1n) is 5.69. The average Bonchev–Trinajstić information content (AvgIpc) is 2.99. The van der Waals surface area contributed by atoms with Gasteiger partial charge in [0.25, 0.3) is 0 Å². The molecule has 2 nitrogen and oxygen atoms in total. The molecule has 0 aliphatic carbocycles. The van der Waals surface area contributed by atoms with Crippen LogP contribution in [-0.2, 0) is 0 Å². The number of rotatable bonds is 0. The van der Waals surface area contributed by atoms with Crippen molar-refractivity contribution in [3.05, 3.63) is 36.4 Å². The lowest BCUT2D eigenvalue weighted by molar-refractivity contribution is 1.55. The SMILES string of the molecule is c1ccc2c3nc4cc5sc(nc5cc4s3)c2c1. The lowest BCUT2D eigenvalue weighted by Crippen LogP contribution is -1.73. The van der Waals surface area contributed by atoms with Crippen molar-refractivity contribution in [3.63, 3.8) is 0 Å². The second-order valence-electron chi connectivity index (χ2n) is 4.37. The van der Waals surface area contributed by atoms with Gasteiger partial charge in [-0.3, -0.25) is 0 Å². The molecule has 0 aliphatic rings. The smallest absolute Gasteiger partial charge is 0.125 e. The van der Waals surface area contributed by atoms with Crippen molar-refractivity contribution in [2.75, 3.05) is 0 Å². The zero-order valence-corrected chi connectivity index (χ0v) is 10.8. The first kappa shape index (κ1) is 9.19. The Kier molecular flexibility index (Phi) is 1.51. The van der Waals surface area contributed by atoms with Crippen LogP contribution in [0.1, 0.15) is 0 Å². The van der Waals surface area contributed by atoms with Gasteiger partial charge in [-0.15, -0.1) is 22.7 Å². The maximum Gasteiger partial charge on any atom is 0.125 e. The molecule has 4 heterocycles. The van der Waals surface area contributed by atoms with Gasteiger partial charge in [0.05, 0.1) is 20.4 Å². The third-order valence-electron chi connectivity index (χ3n) is 3.29. The van der Waals surface area contributed by atoms with Crippen LogP contribution in [0.3, 0.4) is 0 Å². The van der Waals surface area contributed by atoms with Crippen molar-refractivity contribution < 1.29 is 0 Å². The normalized spacial score (nSPS) is 12.4. The molecule has 0 spiro atoms. The molecule has 0 amide bonds. The van der Waals surface area contributed by atoms with Gasteiger partial charge in [-0.25, -0.2) is 9.97 Å². The van der Waals surface area contributed by atoms with Crippen LogP contribution in [0.15, 0.2) is 36.4 Å². The summed E-state index contributed by atoms with van der Waals surface area (Å²) >= 11 is 3.51. The van der Waals surface area contributed by atoms with Gasteiger partial charge >= 0.3 is 0 Å². The first-order valence-corrected chi connectivity index (χ1v) is 7.33. The fourth-order valence-corrected chi connectivity index (χ4v) is 4.48. The Hall–Kier alpha value is -1.78. The van der Waals surface area contributed by atoms with Gasteiger partial charge < -0.3 is 0 Å². The summed E-state index contributed by atoms with van der Waals surface area (Å²) in [5, 5.41) is 2.40. The molecule has 2 aromatic carbocycles. The number of thiazole rings is 2. The van der Waals surface area contributed by atoms with E-state index in [1.165, 1.54) is 20.2 Å². The van der Waals surface area contributed by atoms with E-state index in [1.54, 1.807) is 22.7 Å². The standard InChI is InChI=1S/C14H6N2S2/c1-2-4-8-7(3-1)13-15-9-5-12-10(6-11(9)17-13)16-14(8)18-12/h1-6H. The molecule has 0 aliphatic heterocycles. The number of aromatic nitrogens is 2. The molecule has 0 fully saturated rings. The first-order chi connectivity index (χ1) is 8.88. The van der Waals surface area contributed by atoms with Gasteiger partial charge in [0, 0.05) is 10.8 Å². The van der Waals surface area contributed by atoms with E-state index in [0.717, 1.165) is 20.7 Å². The van der Waals surface area contributed by atoms with Crippen LogP contribution in [0.2, 0.25) is 0 Å². The largest absolute Gasteiger partial charge is 0.236 e. The minimum atomic E-state index is 1.09. The highest BCUT2D eigenvalue weighted by molar-refractivity contribution is 7.26. The van der Waals surface area contributed by atoms with Crippen molar-refractivity contribution in [2.45, 2.75) is 0 Å². The van der Waals surface area contributed by atoms with E-state index in [0.29, 0.717) is 0 Å². The fourth-order valence-electron chi connectivity index (χ4n) is 2.44. The number of hydrogen-bond acceptors (Lipinski definition) is 4. The van der Waals surface area contributed by atoms with Crippen molar-refractivity contribution in [3.8, 4) is 0 Å². The topological polar surface area (TPSA) is 25.8 Å². The van der Waals surface area contributed by atoms with Crippen LogP contribution < -0.4 is 0 Å². The highest BCUT2D eigenvalue weighted by Gasteiger charge is 2.11. The molecule has 0 unspecified atom stereocenters. The Balaban J connectivity index is 2.35. The summed E-state index contributed by atoms with van der Waals surface area (Å²) in [6.45, 7) is 0. The highest BCUT2D eigenvalue weighted by Crippen LogP contribution is 2.37. The van der Waals surface area contributed by atoms with Crippen LogP contribution in [0.4, 0.5) is 0 Å². The summed E-state index contributed by atoms with van der Waals surface area (Å²) in [7, 11) is 0. The van der Waals surface area contributed by atoms with Gasteiger partial charge in [-0.2, -0.15) is 0 Å². The third-order valence-corrected chi connectivity index (χ3v) is 5.39. The van der Waals surface area contributed by atoms with Gasteiger partial charge in [0.15, 0.2) is 0 Å². The van der Waals surface area contributed by atoms with Crippen molar-refractivity contribution in [2.24, 2.45) is 0 Å². The summed E-state index contributed by atoms with van der Waals surface area (Å²) in [6, 6.07) is 12.7. The summed E-state index contributed by atoms with van der Waals surface area (Å²) < 4.78 is 2.46. The predicted molar refractivity (Wildman–Crippen MR) is 79.0 cm³/mol. The van der Waals surface area contributed by atoms with E-state index < -0.39 is 0 Å². The minimum absolute atomic E-state index is 1.09. The zero-order valence-electron chi connectivity index (χ0n) is 9.18. The Morgan fingerprint density at radius 2 is 1.22 bits per heavy atom. The van der Waals surface area contributed by atoms with E-state index in [1.807, 2.05) is 0 Å². The van der Waals surface area contributed by atoms with Crippen LogP contribution in [0, 0.1) is 0 Å². The molecule has 4 aromatic heterocycles. The summed E-state index contributed by atoms with van der Waals surface area (Å²) in [4.78, 5) is 11.7. The van der Waals surface area contributed by atoms with Gasteiger partial charge in [0.2, 0.25) is 0 Å². The second-order valence-corrected chi connectivity index (χ2v) is 6.43. The monoisotopic (exact) mass is 266 g/mol. The minimum Gasteiger partial charge on any atom is -0.236 e. The van der Waals surface area contributed by atoms with E-state index >= 15 is 0 Å². The summed E-state index contributed by atoms with van der Waals surface area (Å²) in [6.07, 6.45) is 0. The fraction of sp³-hybridized carbons (Fsp3) is 0. The molecule has 18 heavy (non-hydrogen) atoms. The van der Waals surface area contributed by atoms with E-state index in [4.69, 9.17) is 9.97 Å². The third kappa shape index (κ3) is 1.03. The lowest BCUT2D eigenvalue weighted by Gasteiger charge is -1.92. The lowest BCUT2D eigenvalue weighted by atomic mass is 10.2. The zero-order chi connectivity index (χ0) is 11.7. The molecule has 84 valence electrons. The van der Waals surface area contributed by atoms with Crippen LogP contribution in [0.25, 0.3) is 40.9 Å². The van der Waals surface area contributed by atoms with Crippen LogP contribution >= 0.6 is 22.7 Å². The number of hydrogen-bond donors (Lipinski definition) is 0. The highest BCUT2D eigenvalue weighted by atomic mass is 32.1. The summed E-state index contributed by atoms with van der Waals surface area (Å²) in [5.74, 6) is 0. The second kappa shape index (κ2) is 2.96. The molecule has 4 heteroatoms. The van der Waals surface area contributed by atoms with Crippen molar-refractivity contribution in [1.82, 2.24) is 9.97 Å². The van der Waals surface area contributed by atoms with E-state index in [-0.39, 0.29) is 0 Å². The average molecular weight is 266 g/mol. The Morgan fingerprint density at radius 1 is 0.722 bits per heavy atom. The van der Waals surface area contributed by atoms with Crippen molar-refractivity contribution >= 4 is 63.5 Å². The van der Waals surface area contributed by atoms with Gasteiger partial charge in [0.1, 0.15) is 9.66 Å². The van der Waals surface area contributed by atoms with E-state index in [2.05, 4.69) is 36.4 Å². The van der Waals surface area contributed by atoms with Crippen LogP contribution in [-0.4, -0.2) is 9.97 Å². The molecule has 0 atom stereocenters. The molecule has 0 N–H and O–H groups in total. The van der Waals surface area contributed by atoms with Crippen LogP contribution in [0.5, 0.6) is 0 Å². The molecule has 6 bridgehead atoms. The maximum absolute atomic E-state index is 4.76. The quantitative estimate of drug-likeness (QED) is 0.408. The molecule has 0 saturated heterocycles. The molecular weight excluding hydrogens is 260 g/mol. The maximum atomic E-state index is 4.76. The molecule has 0 radical (unpaired) electrons. The number of benzene rings is 2. The Bertz CT molecular complexity index is 892. The Labute approximate surface area is 110 Å². The molecule has 6 aromatic rings. The predicted octanol–water partition coefficient (Wildman–Crippen LogP) is 4.65.